The Morgan fingerprint density at radius 3 is 2.28 bits per heavy atom. The highest BCUT2D eigenvalue weighted by atomic mass is 16.4. The molecule has 4 heteroatoms. The van der Waals surface area contributed by atoms with Gasteiger partial charge in [-0.3, -0.25) is 0 Å². The lowest BCUT2D eigenvalue weighted by atomic mass is 10.0. The minimum absolute atomic E-state index is 0.101. The number of allylic oxidation sites excluding steroid dienone is 1. The van der Waals surface area contributed by atoms with Crippen LogP contribution in [0.1, 0.15) is 18.4 Å². The first-order chi connectivity index (χ1) is 8.69. The highest BCUT2D eigenvalue weighted by Gasteiger charge is 2.13. The Labute approximate surface area is 105 Å². The standard InChI is InChI=1S/C14H12N2O2/c15-9-12(10-16)13(14(17)18)8-4-7-11-5-2-1-3-6-11/h1-3,5-6H,4,7-8H2,(H,17,18). The van der Waals surface area contributed by atoms with Crippen LogP contribution in [0.5, 0.6) is 0 Å². The van der Waals surface area contributed by atoms with Crippen molar-refractivity contribution >= 4 is 5.97 Å². The van der Waals surface area contributed by atoms with Gasteiger partial charge >= 0.3 is 5.97 Å². The number of aryl methyl sites for hydroxylation is 1. The third-order valence-electron chi connectivity index (χ3n) is 2.52. The molecule has 0 fully saturated rings. The van der Waals surface area contributed by atoms with E-state index in [1.807, 2.05) is 30.3 Å². The molecule has 0 aromatic heterocycles. The highest BCUT2D eigenvalue weighted by molar-refractivity contribution is 5.89. The number of hydrogen-bond donors (Lipinski definition) is 1. The van der Waals surface area contributed by atoms with Gasteiger partial charge in [-0.05, 0) is 24.8 Å². The van der Waals surface area contributed by atoms with Crippen molar-refractivity contribution in [2.24, 2.45) is 0 Å². The largest absolute Gasteiger partial charge is 0.478 e. The molecule has 0 unspecified atom stereocenters. The number of carbonyl (C=O) groups is 1. The van der Waals surface area contributed by atoms with Crippen molar-refractivity contribution in [3.63, 3.8) is 0 Å². The molecule has 0 aliphatic carbocycles. The number of benzene rings is 1. The Bertz CT molecular complexity index is 517. The summed E-state index contributed by atoms with van der Waals surface area (Å²) >= 11 is 0. The van der Waals surface area contributed by atoms with Crippen LogP contribution in [0.3, 0.4) is 0 Å². The topological polar surface area (TPSA) is 84.9 Å². The first-order valence-corrected chi connectivity index (χ1v) is 5.49. The van der Waals surface area contributed by atoms with E-state index in [0.717, 1.165) is 12.0 Å². The van der Waals surface area contributed by atoms with Crippen LogP contribution in [-0.2, 0) is 11.2 Å². The lowest BCUT2D eigenvalue weighted by Gasteiger charge is -2.03. The molecule has 0 atom stereocenters. The minimum Gasteiger partial charge on any atom is -0.478 e. The Hall–Kier alpha value is -2.59. The molecule has 1 aromatic carbocycles. The van der Waals surface area contributed by atoms with E-state index in [2.05, 4.69) is 0 Å². The molecule has 0 amide bonds. The highest BCUT2D eigenvalue weighted by Crippen LogP contribution is 2.14. The monoisotopic (exact) mass is 240 g/mol. The molecule has 0 aliphatic heterocycles. The van der Waals surface area contributed by atoms with Crippen LogP contribution in [0.4, 0.5) is 0 Å². The SMILES string of the molecule is N#CC(C#N)=C(CCCc1ccccc1)C(=O)O. The summed E-state index contributed by atoms with van der Waals surface area (Å²) in [6.45, 7) is 0. The van der Waals surface area contributed by atoms with Gasteiger partial charge in [0.1, 0.15) is 17.7 Å². The van der Waals surface area contributed by atoms with Crippen LogP contribution in [0, 0.1) is 22.7 Å². The number of carboxylic acid groups (broad SMARTS) is 1. The van der Waals surface area contributed by atoms with E-state index in [0.29, 0.717) is 6.42 Å². The van der Waals surface area contributed by atoms with Gasteiger partial charge in [0.25, 0.3) is 0 Å². The Balaban J connectivity index is 2.67. The number of hydrogen-bond acceptors (Lipinski definition) is 3. The molecule has 90 valence electrons. The normalized spacial score (nSPS) is 9.00. The molecule has 4 nitrogen and oxygen atoms in total. The molecule has 1 rings (SSSR count). The van der Waals surface area contributed by atoms with Crippen LogP contribution >= 0.6 is 0 Å². The van der Waals surface area contributed by atoms with E-state index in [9.17, 15) is 4.79 Å². The Morgan fingerprint density at radius 2 is 1.78 bits per heavy atom. The van der Waals surface area contributed by atoms with Gasteiger partial charge < -0.3 is 5.11 Å². The third-order valence-corrected chi connectivity index (χ3v) is 2.52. The van der Waals surface area contributed by atoms with Crippen molar-refractivity contribution in [2.75, 3.05) is 0 Å². The molecule has 0 aliphatic rings. The van der Waals surface area contributed by atoms with Gasteiger partial charge in [0.15, 0.2) is 0 Å². The summed E-state index contributed by atoms with van der Waals surface area (Å²) in [6.07, 6.45) is 1.54. The second kappa shape index (κ2) is 6.88. The fourth-order valence-corrected chi connectivity index (χ4v) is 1.61. The molecule has 0 saturated heterocycles. The van der Waals surface area contributed by atoms with E-state index in [1.54, 1.807) is 12.1 Å². The van der Waals surface area contributed by atoms with Gasteiger partial charge in [-0.1, -0.05) is 30.3 Å². The zero-order chi connectivity index (χ0) is 13.4. The summed E-state index contributed by atoms with van der Waals surface area (Å²) < 4.78 is 0. The number of nitrogens with zero attached hydrogens (tertiary/aromatic N) is 2. The van der Waals surface area contributed by atoms with Crippen LogP contribution in [0.15, 0.2) is 41.5 Å². The number of aliphatic carboxylic acids is 1. The van der Waals surface area contributed by atoms with E-state index in [4.69, 9.17) is 15.6 Å². The number of carboxylic acids is 1. The van der Waals surface area contributed by atoms with Gasteiger partial charge in [-0.25, -0.2) is 4.79 Å². The van der Waals surface area contributed by atoms with Gasteiger partial charge in [0.05, 0.1) is 5.57 Å². The lowest BCUT2D eigenvalue weighted by molar-refractivity contribution is -0.132. The molecule has 0 spiro atoms. The number of rotatable bonds is 5. The second-order valence-electron chi connectivity index (χ2n) is 3.72. The smallest absolute Gasteiger partial charge is 0.333 e. The number of nitriles is 2. The molecular weight excluding hydrogens is 228 g/mol. The lowest BCUT2D eigenvalue weighted by Crippen LogP contribution is -2.04. The van der Waals surface area contributed by atoms with Gasteiger partial charge in [0, 0.05) is 0 Å². The molecule has 18 heavy (non-hydrogen) atoms. The van der Waals surface area contributed by atoms with Gasteiger partial charge in [-0.2, -0.15) is 10.5 Å². The summed E-state index contributed by atoms with van der Waals surface area (Å²) in [5.74, 6) is -1.19. The van der Waals surface area contributed by atoms with Crippen molar-refractivity contribution in [2.45, 2.75) is 19.3 Å². The van der Waals surface area contributed by atoms with Crippen molar-refractivity contribution in [3.8, 4) is 12.1 Å². The molecule has 0 radical (unpaired) electrons. The van der Waals surface area contributed by atoms with Crippen molar-refractivity contribution in [3.05, 3.63) is 47.0 Å². The quantitative estimate of drug-likeness (QED) is 0.632. The van der Waals surface area contributed by atoms with Crippen LogP contribution < -0.4 is 0 Å². The van der Waals surface area contributed by atoms with E-state index < -0.39 is 5.97 Å². The fraction of sp³-hybridized carbons (Fsp3) is 0.214. The van der Waals surface area contributed by atoms with Gasteiger partial charge in [0.2, 0.25) is 0 Å². The van der Waals surface area contributed by atoms with E-state index in [1.165, 1.54) is 0 Å². The third kappa shape index (κ3) is 3.77. The predicted octanol–water partition coefficient (Wildman–Crippen LogP) is 2.44. The second-order valence-corrected chi connectivity index (χ2v) is 3.72. The molecular formula is C14H12N2O2. The molecule has 0 saturated carbocycles. The maximum Gasteiger partial charge on any atom is 0.333 e. The summed E-state index contributed by atoms with van der Waals surface area (Å²) in [5.41, 5.74) is 0.698. The first kappa shape index (κ1) is 13.5. The van der Waals surface area contributed by atoms with E-state index >= 15 is 0 Å². The summed E-state index contributed by atoms with van der Waals surface area (Å²) in [7, 11) is 0. The predicted molar refractivity (Wildman–Crippen MR) is 65.3 cm³/mol. The molecule has 1 aromatic rings. The fourth-order valence-electron chi connectivity index (χ4n) is 1.61. The maximum atomic E-state index is 10.9. The van der Waals surface area contributed by atoms with E-state index in [-0.39, 0.29) is 17.6 Å². The zero-order valence-corrected chi connectivity index (χ0v) is 9.76. The zero-order valence-electron chi connectivity index (χ0n) is 9.76. The molecule has 1 N–H and O–H groups in total. The van der Waals surface area contributed by atoms with Crippen LogP contribution in [-0.4, -0.2) is 11.1 Å². The summed E-state index contributed by atoms with van der Waals surface area (Å²) in [6, 6.07) is 12.9. The summed E-state index contributed by atoms with van der Waals surface area (Å²) in [5, 5.41) is 26.3. The summed E-state index contributed by atoms with van der Waals surface area (Å²) in [4.78, 5) is 10.9. The van der Waals surface area contributed by atoms with Crippen molar-refractivity contribution in [1.82, 2.24) is 0 Å². The Morgan fingerprint density at radius 1 is 1.17 bits per heavy atom. The maximum absolute atomic E-state index is 10.9. The average molecular weight is 240 g/mol. The van der Waals surface area contributed by atoms with Crippen molar-refractivity contribution in [1.29, 1.82) is 10.5 Å². The Kier molecular flexibility index (Phi) is 5.15. The minimum atomic E-state index is -1.19. The average Bonchev–Trinajstić information content (AvgIpc) is 2.39. The van der Waals surface area contributed by atoms with Crippen molar-refractivity contribution < 1.29 is 9.90 Å². The van der Waals surface area contributed by atoms with Gasteiger partial charge in [-0.15, -0.1) is 0 Å². The molecule has 0 heterocycles. The first-order valence-electron chi connectivity index (χ1n) is 5.49. The van der Waals surface area contributed by atoms with Crippen LogP contribution in [0.25, 0.3) is 0 Å². The van der Waals surface area contributed by atoms with Crippen LogP contribution in [0.2, 0.25) is 0 Å². The molecule has 0 bridgehead atoms.